The van der Waals surface area contributed by atoms with Gasteiger partial charge in [-0.05, 0) is 36.4 Å². The summed E-state index contributed by atoms with van der Waals surface area (Å²) in [6, 6.07) is 9.63. The molecule has 2 heterocycles. The molecule has 6 nitrogen and oxygen atoms in total. The second kappa shape index (κ2) is 5.24. The Kier molecular flexibility index (Phi) is 3.08. The summed E-state index contributed by atoms with van der Waals surface area (Å²) in [7, 11) is 0. The predicted octanol–water partition coefficient (Wildman–Crippen LogP) is 2.50. The molecule has 6 heteroatoms. The average molecular weight is 312 g/mol. The third kappa shape index (κ3) is 2.55. The van der Waals surface area contributed by atoms with Gasteiger partial charge < -0.3 is 24.1 Å². The van der Waals surface area contributed by atoms with Crippen LogP contribution in [0.5, 0.6) is 28.7 Å². The molecule has 2 aliphatic rings. The summed E-state index contributed by atoms with van der Waals surface area (Å²) in [5.41, 5.74) is 0.995. The molecule has 1 N–H and O–H groups in total. The molecule has 0 saturated heterocycles. The standard InChI is InChI=1S/C17H12O6/c18-12-1-3-14-10(6-12)5-11(8-20-14)17(19)23-13-2-4-15-16(7-13)22-9-21-15/h1-7,18H,8-9H2. The van der Waals surface area contributed by atoms with Crippen molar-refractivity contribution in [3.8, 4) is 28.7 Å². The van der Waals surface area contributed by atoms with Gasteiger partial charge in [-0.3, -0.25) is 0 Å². The monoisotopic (exact) mass is 312 g/mol. The van der Waals surface area contributed by atoms with Crippen LogP contribution in [0.2, 0.25) is 0 Å². The predicted molar refractivity (Wildman–Crippen MR) is 79.8 cm³/mol. The van der Waals surface area contributed by atoms with E-state index in [2.05, 4.69) is 0 Å². The number of ether oxygens (including phenoxy) is 4. The average Bonchev–Trinajstić information content (AvgIpc) is 3.01. The van der Waals surface area contributed by atoms with Gasteiger partial charge >= 0.3 is 5.97 Å². The van der Waals surface area contributed by atoms with Crippen LogP contribution in [0.25, 0.3) is 6.08 Å². The van der Waals surface area contributed by atoms with Crippen molar-refractivity contribution in [3.63, 3.8) is 0 Å². The van der Waals surface area contributed by atoms with Crippen LogP contribution >= 0.6 is 0 Å². The number of aromatic hydroxyl groups is 1. The first-order chi connectivity index (χ1) is 11.2. The lowest BCUT2D eigenvalue weighted by Gasteiger charge is -2.17. The Morgan fingerprint density at radius 2 is 1.83 bits per heavy atom. The van der Waals surface area contributed by atoms with E-state index in [9.17, 15) is 9.90 Å². The van der Waals surface area contributed by atoms with Crippen molar-refractivity contribution in [3.05, 3.63) is 47.5 Å². The fourth-order valence-corrected chi connectivity index (χ4v) is 2.40. The van der Waals surface area contributed by atoms with Crippen molar-refractivity contribution in [2.24, 2.45) is 0 Å². The van der Waals surface area contributed by atoms with Crippen molar-refractivity contribution in [2.75, 3.05) is 13.4 Å². The maximum absolute atomic E-state index is 12.3. The maximum atomic E-state index is 12.3. The van der Waals surface area contributed by atoms with Crippen LogP contribution in [-0.2, 0) is 4.79 Å². The number of fused-ring (bicyclic) bond motifs is 2. The molecule has 0 unspecified atom stereocenters. The minimum Gasteiger partial charge on any atom is -0.508 e. The first-order valence-corrected chi connectivity index (χ1v) is 6.97. The van der Waals surface area contributed by atoms with Crippen molar-refractivity contribution in [2.45, 2.75) is 0 Å². The second-order valence-electron chi connectivity index (χ2n) is 5.08. The molecule has 0 amide bonds. The number of carbonyl (C=O) groups excluding carboxylic acids is 1. The lowest BCUT2D eigenvalue weighted by atomic mass is 10.1. The zero-order chi connectivity index (χ0) is 15.8. The normalized spacial score (nSPS) is 14.5. The zero-order valence-corrected chi connectivity index (χ0v) is 11.9. The number of phenolic OH excluding ortho intramolecular Hbond substituents is 1. The Morgan fingerprint density at radius 1 is 1.00 bits per heavy atom. The lowest BCUT2D eigenvalue weighted by Crippen LogP contribution is -2.19. The van der Waals surface area contributed by atoms with E-state index in [1.54, 1.807) is 30.3 Å². The van der Waals surface area contributed by atoms with E-state index in [1.807, 2.05) is 0 Å². The number of hydrogen-bond donors (Lipinski definition) is 1. The van der Waals surface area contributed by atoms with Crippen molar-refractivity contribution < 1.29 is 28.8 Å². The molecule has 0 aromatic heterocycles. The SMILES string of the molecule is O=C(Oc1ccc2c(c1)OCO2)C1=Cc2cc(O)ccc2OC1. The third-order valence-electron chi connectivity index (χ3n) is 3.52. The Bertz CT molecular complexity index is 824. The van der Waals surface area contributed by atoms with Crippen molar-refractivity contribution in [1.82, 2.24) is 0 Å². The second-order valence-corrected chi connectivity index (χ2v) is 5.08. The Hall–Kier alpha value is -3.15. The van der Waals surface area contributed by atoms with Crippen LogP contribution in [0.4, 0.5) is 0 Å². The summed E-state index contributed by atoms with van der Waals surface area (Å²) < 4.78 is 21.3. The molecule has 0 spiro atoms. The lowest BCUT2D eigenvalue weighted by molar-refractivity contribution is -0.130. The summed E-state index contributed by atoms with van der Waals surface area (Å²) >= 11 is 0. The summed E-state index contributed by atoms with van der Waals surface area (Å²) in [5, 5.41) is 9.51. The largest absolute Gasteiger partial charge is 0.508 e. The van der Waals surface area contributed by atoms with Gasteiger partial charge in [0.2, 0.25) is 6.79 Å². The summed E-state index contributed by atoms with van der Waals surface area (Å²) in [6.07, 6.45) is 1.65. The minimum absolute atomic E-state index is 0.106. The van der Waals surface area contributed by atoms with E-state index in [0.717, 1.165) is 0 Å². The van der Waals surface area contributed by atoms with Crippen LogP contribution in [0.15, 0.2) is 42.0 Å². The van der Waals surface area contributed by atoms with Crippen molar-refractivity contribution >= 4 is 12.0 Å². The van der Waals surface area contributed by atoms with E-state index < -0.39 is 5.97 Å². The fourth-order valence-electron chi connectivity index (χ4n) is 2.40. The summed E-state index contributed by atoms with van der Waals surface area (Å²) in [6.45, 7) is 0.271. The molecule has 2 aromatic carbocycles. The molecular formula is C17H12O6. The van der Waals surface area contributed by atoms with Crippen LogP contribution < -0.4 is 18.9 Å². The van der Waals surface area contributed by atoms with E-state index in [1.165, 1.54) is 12.1 Å². The van der Waals surface area contributed by atoms with Gasteiger partial charge in [0, 0.05) is 11.6 Å². The van der Waals surface area contributed by atoms with Gasteiger partial charge in [0.1, 0.15) is 23.9 Å². The summed E-state index contributed by atoms with van der Waals surface area (Å²) in [4.78, 5) is 12.3. The molecule has 4 rings (SSSR count). The molecule has 116 valence electrons. The molecule has 0 saturated carbocycles. The van der Waals surface area contributed by atoms with Gasteiger partial charge in [0.05, 0.1) is 5.57 Å². The molecule has 0 aliphatic carbocycles. The topological polar surface area (TPSA) is 74.2 Å². The number of benzene rings is 2. The molecular weight excluding hydrogens is 300 g/mol. The molecule has 23 heavy (non-hydrogen) atoms. The number of esters is 1. The third-order valence-corrected chi connectivity index (χ3v) is 3.52. The van der Waals surface area contributed by atoms with Crippen LogP contribution in [-0.4, -0.2) is 24.5 Å². The number of rotatable bonds is 2. The fraction of sp³-hybridized carbons (Fsp3) is 0.118. The Labute approximate surface area is 131 Å². The molecule has 2 aromatic rings. The van der Waals surface area contributed by atoms with Crippen LogP contribution in [0.1, 0.15) is 5.56 Å². The highest BCUT2D eigenvalue weighted by Gasteiger charge is 2.21. The molecule has 2 aliphatic heterocycles. The van der Waals surface area contributed by atoms with Crippen LogP contribution in [0, 0.1) is 0 Å². The quantitative estimate of drug-likeness (QED) is 0.678. The Balaban J connectivity index is 1.55. The van der Waals surface area contributed by atoms with Crippen molar-refractivity contribution in [1.29, 1.82) is 0 Å². The van der Waals surface area contributed by atoms with E-state index in [-0.39, 0.29) is 19.1 Å². The van der Waals surface area contributed by atoms with Gasteiger partial charge in [-0.25, -0.2) is 4.79 Å². The smallest absolute Gasteiger partial charge is 0.342 e. The van der Waals surface area contributed by atoms with Gasteiger partial charge in [-0.2, -0.15) is 0 Å². The highest BCUT2D eigenvalue weighted by molar-refractivity contribution is 5.96. The van der Waals surface area contributed by atoms with E-state index >= 15 is 0 Å². The van der Waals surface area contributed by atoms with E-state index in [4.69, 9.17) is 18.9 Å². The van der Waals surface area contributed by atoms with E-state index in [0.29, 0.717) is 34.1 Å². The molecule has 0 atom stereocenters. The van der Waals surface area contributed by atoms with Gasteiger partial charge in [0.15, 0.2) is 11.5 Å². The highest BCUT2D eigenvalue weighted by atomic mass is 16.7. The highest BCUT2D eigenvalue weighted by Crippen LogP contribution is 2.35. The first-order valence-electron chi connectivity index (χ1n) is 6.97. The Morgan fingerprint density at radius 3 is 2.74 bits per heavy atom. The van der Waals surface area contributed by atoms with Crippen LogP contribution in [0.3, 0.4) is 0 Å². The van der Waals surface area contributed by atoms with Gasteiger partial charge in [-0.15, -0.1) is 0 Å². The summed E-state index contributed by atoms with van der Waals surface area (Å²) in [5.74, 6) is 1.73. The maximum Gasteiger partial charge on any atom is 0.342 e. The number of hydrogen-bond acceptors (Lipinski definition) is 6. The first kappa shape index (κ1) is 13.5. The molecule has 0 bridgehead atoms. The number of carbonyl (C=O) groups is 1. The number of phenols is 1. The molecule has 0 radical (unpaired) electrons. The zero-order valence-electron chi connectivity index (χ0n) is 11.9. The van der Waals surface area contributed by atoms with Gasteiger partial charge in [0.25, 0.3) is 0 Å². The van der Waals surface area contributed by atoms with Gasteiger partial charge in [-0.1, -0.05) is 0 Å². The molecule has 0 fully saturated rings. The minimum atomic E-state index is -0.516.